The summed E-state index contributed by atoms with van der Waals surface area (Å²) in [6.07, 6.45) is 3.43. The van der Waals surface area contributed by atoms with Crippen LogP contribution in [0.2, 0.25) is 0 Å². The van der Waals surface area contributed by atoms with Gasteiger partial charge in [-0.3, -0.25) is 5.01 Å². The molecule has 0 aromatic heterocycles. The first-order valence-electron chi connectivity index (χ1n) is 2.94. The van der Waals surface area contributed by atoms with Crippen LogP contribution >= 0.6 is 0 Å². The maximum Gasteiger partial charge on any atom is 0.111 e. The fourth-order valence-electron chi connectivity index (χ4n) is 0.525. The van der Waals surface area contributed by atoms with Crippen molar-refractivity contribution >= 4 is 6.01 Å². The van der Waals surface area contributed by atoms with Gasteiger partial charge in [0.25, 0.3) is 0 Å². The predicted octanol–water partition coefficient (Wildman–Crippen LogP) is 1.33. The van der Waals surface area contributed by atoms with Crippen LogP contribution in [0.3, 0.4) is 0 Å². The van der Waals surface area contributed by atoms with Crippen LogP contribution < -0.4 is 0 Å². The molecule has 0 aliphatic heterocycles. The highest BCUT2D eigenvalue weighted by Crippen LogP contribution is 1.87. The van der Waals surface area contributed by atoms with Crippen LogP contribution in [0.25, 0.3) is 0 Å². The van der Waals surface area contributed by atoms with Crippen molar-refractivity contribution in [3.63, 3.8) is 0 Å². The van der Waals surface area contributed by atoms with Gasteiger partial charge in [0.1, 0.15) is 6.01 Å². The van der Waals surface area contributed by atoms with E-state index in [1.54, 1.807) is 17.2 Å². The average Bonchev–Trinajstić information content (AvgIpc) is 1.90. The summed E-state index contributed by atoms with van der Waals surface area (Å²) in [7, 11) is 0. The monoisotopic (exact) mass is 137 g/mol. The zero-order valence-corrected chi connectivity index (χ0v) is 5.88. The summed E-state index contributed by atoms with van der Waals surface area (Å²) in [5.41, 5.74) is 0. The second-order valence-electron chi connectivity index (χ2n) is 1.66. The van der Waals surface area contributed by atoms with Gasteiger partial charge in [-0.25, -0.2) is 5.41 Å². The molecule has 0 unspecified atom stereocenters. The van der Waals surface area contributed by atoms with Gasteiger partial charge in [-0.1, -0.05) is 12.2 Å². The molecular formula is C7H11N3. The van der Waals surface area contributed by atoms with E-state index in [1.807, 2.05) is 6.01 Å². The zero-order valence-electron chi connectivity index (χ0n) is 5.88. The summed E-state index contributed by atoms with van der Waals surface area (Å²) in [4.78, 5) is 0. The van der Waals surface area contributed by atoms with Crippen LogP contribution in [0.5, 0.6) is 0 Å². The quantitative estimate of drug-likeness (QED) is 0.346. The van der Waals surface area contributed by atoms with Gasteiger partial charge in [-0.15, -0.1) is 18.3 Å². The molecule has 1 N–H and O–H groups in total. The molecule has 0 atom stereocenters. The van der Waals surface area contributed by atoms with Gasteiger partial charge in [-0.2, -0.15) is 0 Å². The van der Waals surface area contributed by atoms with Crippen molar-refractivity contribution in [2.75, 3.05) is 13.1 Å². The maximum atomic E-state index is 6.56. The summed E-state index contributed by atoms with van der Waals surface area (Å²) in [6.45, 7) is 8.33. The van der Waals surface area contributed by atoms with Gasteiger partial charge in [-0.05, 0) is 0 Å². The lowest BCUT2D eigenvalue weighted by Crippen LogP contribution is -2.16. The second-order valence-corrected chi connectivity index (χ2v) is 1.66. The lowest BCUT2D eigenvalue weighted by molar-refractivity contribution is 0.358. The normalized spacial score (nSPS) is 7.60. The molecule has 3 heteroatoms. The van der Waals surface area contributed by atoms with Crippen molar-refractivity contribution in [2.45, 2.75) is 0 Å². The molecule has 0 saturated heterocycles. The van der Waals surface area contributed by atoms with E-state index in [2.05, 4.69) is 18.3 Å². The predicted molar refractivity (Wildman–Crippen MR) is 42.1 cm³/mol. The van der Waals surface area contributed by atoms with Crippen LogP contribution in [0, 0.1) is 5.41 Å². The van der Waals surface area contributed by atoms with Crippen molar-refractivity contribution in [2.24, 2.45) is 5.10 Å². The van der Waals surface area contributed by atoms with Gasteiger partial charge < -0.3 is 0 Å². The van der Waals surface area contributed by atoms with E-state index in [9.17, 15) is 0 Å². The zero-order chi connectivity index (χ0) is 7.82. The van der Waals surface area contributed by atoms with E-state index in [1.165, 1.54) is 0 Å². The minimum atomic E-state index is 0.623. The molecule has 0 fully saturated rings. The Morgan fingerprint density at radius 3 is 2.20 bits per heavy atom. The fraction of sp³-hybridized carbons (Fsp3) is 0.286. The third kappa shape index (κ3) is 3.64. The highest BCUT2D eigenvalue weighted by atomic mass is 15.4. The molecule has 0 amide bonds. The van der Waals surface area contributed by atoms with Crippen molar-refractivity contribution in [1.29, 1.82) is 5.41 Å². The van der Waals surface area contributed by atoms with Gasteiger partial charge in [0.05, 0.1) is 13.1 Å². The molecule has 0 aliphatic carbocycles. The van der Waals surface area contributed by atoms with E-state index in [0.717, 1.165) is 0 Å². The Bertz CT molecular complexity index is 146. The van der Waals surface area contributed by atoms with Gasteiger partial charge in [0.2, 0.25) is 0 Å². The van der Waals surface area contributed by atoms with Crippen molar-refractivity contribution in [1.82, 2.24) is 5.01 Å². The first kappa shape index (κ1) is 8.66. The smallest absolute Gasteiger partial charge is 0.111 e. The Morgan fingerprint density at radius 1 is 1.40 bits per heavy atom. The van der Waals surface area contributed by atoms with Crippen LogP contribution in [-0.4, -0.2) is 24.1 Å². The molecule has 0 saturated carbocycles. The Balaban J connectivity index is 3.81. The summed E-state index contributed by atoms with van der Waals surface area (Å²) in [5.74, 6) is 0. The van der Waals surface area contributed by atoms with Crippen molar-refractivity contribution in [3.05, 3.63) is 25.3 Å². The van der Waals surface area contributed by atoms with Crippen molar-refractivity contribution < 1.29 is 0 Å². The van der Waals surface area contributed by atoms with E-state index < -0.39 is 0 Å². The SMILES string of the molecule is C=CCN(CC=C)N=C=N. The van der Waals surface area contributed by atoms with E-state index in [-0.39, 0.29) is 0 Å². The number of nitrogens with one attached hydrogen (secondary N) is 1. The lowest BCUT2D eigenvalue weighted by Gasteiger charge is -2.10. The third-order valence-electron chi connectivity index (χ3n) is 0.871. The minimum Gasteiger partial charge on any atom is -0.280 e. The molecule has 3 nitrogen and oxygen atoms in total. The van der Waals surface area contributed by atoms with Crippen LogP contribution in [-0.2, 0) is 0 Å². The number of hydrazone groups is 1. The number of hydrogen-bond acceptors (Lipinski definition) is 3. The first-order valence-corrected chi connectivity index (χ1v) is 2.94. The first-order chi connectivity index (χ1) is 4.85. The molecule has 0 rings (SSSR count). The molecule has 0 bridgehead atoms. The van der Waals surface area contributed by atoms with Gasteiger partial charge in [0.15, 0.2) is 0 Å². The molecule has 10 heavy (non-hydrogen) atoms. The molecule has 0 heterocycles. The highest BCUT2D eigenvalue weighted by molar-refractivity contribution is 5.35. The Morgan fingerprint density at radius 2 is 1.90 bits per heavy atom. The van der Waals surface area contributed by atoms with E-state index in [4.69, 9.17) is 5.41 Å². The molecular weight excluding hydrogens is 126 g/mol. The van der Waals surface area contributed by atoms with Gasteiger partial charge >= 0.3 is 0 Å². The maximum absolute atomic E-state index is 6.56. The standard InChI is InChI=1S/C7H11N3/c1-3-5-10(6-4-2)9-7-8/h3-4,8H,1-2,5-6H2. The Hall–Kier alpha value is -1.34. The molecule has 0 aromatic rings. The second kappa shape index (κ2) is 5.79. The van der Waals surface area contributed by atoms with Crippen LogP contribution in [0.15, 0.2) is 30.4 Å². The molecule has 0 radical (unpaired) electrons. The average molecular weight is 137 g/mol. The number of hydrogen-bond donors (Lipinski definition) is 1. The van der Waals surface area contributed by atoms with Crippen LogP contribution in [0.1, 0.15) is 0 Å². The van der Waals surface area contributed by atoms with Crippen LogP contribution in [0.4, 0.5) is 0 Å². The summed E-state index contributed by atoms with van der Waals surface area (Å²) in [6, 6.07) is 1.94. The summed E-state index contributed by atoms with van der Waals surface area (Å²) >= 11 is 0. The van der Waals surface area contributed by atoms with Gasteiger partial charge in [0, 0.05) is 0 Å². The minimum absolute atomic E-state index is 0.623. The summed E-state index contributed by atoms with van der Waals surface area (Å²) in [5, 5.41) is 11.8. The lowest BCUT2D eigenvalue weighted by atomic mass is 10.5. The number of rotatable bonds is 5. The van der Waals surface area contributed by atoms with E-state index in [0.29, 0.717) is 13.1 Å². The highest BCUT2D eigenvalue weighted by Gasteiger charge is 1.90. The topological polar surface area (TPSA) is 39.5 Å². The van der Waals surface area contributed by atoms with E-state index >= 15 is 0 Å². The Labute approximate surface area is 60.9 Å². The largest absolute Gasteiger partial charge is 0.280 e. The molecule has 0 aliphatic rings. The molecule has 0 spiro atoms. The molecule has 0 aromatic carbocycles. The number of nitrogens with zero attached hydrogens (tertiary/aromatic N) is 2. The fourth-order valence-corrected chi connectivity index (χ4v) is 0.525. The Kier molecular flexibility index (Phi) is 5.01. The van der Waals surface area contributed by atoms with Crippen molar-refractivity contribution in [3.8, 4) is 0 Å². The third-order valence-corrected chi connectivity index (χ3v) is 0.871. The molecule has 54 valence electrons. The summed E-state index contributed by atoms with van der Waals surface area (Å²) < 4.78 is 0.